The van der Waals surface area contributed by atoms with Crippen LogP contribution in [-0.4, -0.2) is 27.8 Å². The normalized spacial score (nSPS) is 18.8. The Kier molecular flexibility index (Phi) is 3.77. The summed E-state index contributed by atoms with van der Waals surface area (Å²) in [6, 6.07) is 0. The molecule has 1 amide bonds. The second-order valence-corrected chi connectivity index (χ2v) is 5.06. The van der Waals surface area contributed by atoms with Gasteiger partial charge in [0, 0.05) is 6.20 Å². The van der Waals surface area contributed by atoms with Gasteiger partial charge >= 0.3 is 6.18 Å². The van der Waals surface area contributed by atoms with Crippen molar-refractivity contribution in [2.45, 2.75) is 38.0 Å². The van der Waals surface area contributed by atoms with Crippen LogP contribution in [0, 0.1) is 5.92 Å². The van der Waals surface area contributed by atoms with Crippen molar-refractivity contribution in [2.24, 2.45) is 11.7 Å². The van der Waals surface area contributed by atoms with Gasteiger partial charge in [0.05, 0.1) is 18.3 Å². The summed E-state index contributed by atoms with van der Waals surface area (Å²) in [5.74, 6) is -0.496. The van der Waals surface area contributed by atoms with Crippen molar-refractivity contribution in [3.63, 3.8) is 0 Å². The van der Waals surface area contributed by atoms with E-state index in [0.717, 1.165) is 29.9 Å². The standard InChI is InChI=1S/C12H17F3N4O/c1-2-17-11(10(16)20,8-3-4-8)7-19-6-9(5-18-19)12(13,14)15/h5-6,8,17H,2-4,7H2,1H3,(H2,16,20). The van der Waals surface area contributed by atoms with Crippen molar-refractivity contribution < 1.29 is 18.0 Å². The third-order valence-corrected chi connectivity index (χ3v) is 3.58. The van der Waals surface area contributed by atoms with Gasteiger partial charge in [-0.05, 0) is 25.3 Å². The molecule has 20 heavy (non-hydrogen) atoms. The van der Waals surface area contributed by atoms with E-state index in [9.17, 15) is 18.0 Å². The van der Waals surface area contributed by atoms with Crippen molar-refractivity contribution in [1.29, 1.82) is 0 Å². The zero-order chi connectivity index (χ0) is 15.0. The third kappa shape index (κ3) is 2.79. The largest absolute Gasteiger partial charge is 0.419 e. The van der Waals surface area contributed by atoms with Gasteiger partial charge in [-0.15, -0.1) is 0 Å². The lowest BCUT2D eigenvalue weighted by Crippen LogP contribution is -2.59. The number of primary amides is 1. The van der Waals surface area contributed by atoms with Gasteiger partial charge in [-0.25, -0.2) is 0 Å². The molecule has 0 saturated heterocycles. The minimum absolute atomic E-state index is 0.0108. The van der Waals surface area contributed by atoms with E-state index >= 15 is 0 Å². The predicted molar refractivity (Wildman–Crippen MR) is 65.6 cm³/mol. The third-order valence-electron chi connectivity index (χ3n) is 3.58. The Balaban J connectivity index is 2.24. The predicted octanol–water partition coefficient (Wildman–Crippen LogP) is 1.15. The highest BCUT2D eigenvalue weighted by molar-refractivity contribution is 5.85. The number of nitrogens with one attached hydrogen (secondary N) is 1. The zero-order valence-electron chi connectivity index (χ0n) is 11.1. The van der Waals surface area contributed by atoms with Crippen LogP contribution in [0.2, 0.25) is 0 Å². The fourth-order valence-corrected chi connectivity index (χ4v) is 2.44. The Morgan fingerprint density at radius 2 is 2.20 bits per heavy atom. The Bertz CT molecular complexity index is 495. The van der Waals surface area contributed by atoms with E-state index in [1.165, 1.54) is 0 Å². The molecule has 1 aliphatic carbocycles. The van der Waals surface area contributed by atoms with Gasteiger partial charge in [0.25, 0.3) is 0 Å². The number of carbonyl (C=O) groups is 1. The Morgan fingerprint density at radius 1 is 1.55 bits per heavy atom. The molecule has 0 spiro atoms. The summed E-state index contributed by atoms with van der Waals surface area (Å²) in [6.45, 7) is 2.34. The summed E-state index contributed by atoms with van der Waals surface area (Å²) >= 11 is 0. The molecule has 112 valence electrons. The van der Waals surface area contributed by atoms with Crippen molar-refractivity contribution in [1.82, 2.24) is 15.1 Å². The van der Waals surface area contributed by atoms with E-state index in [0.29, 0.717) is 6.54 Å². The van der Waals surface area contributed by atoms with Gasteiger partial charge in [-0.2, -0.15) is 18.3 Å². The summed E-state index contributed by atoms with van der Waals surface area (Å²) in [6.07, 6.45) is -1.11. The van der Waals surface area contributed by atoms with Crippen LogP contribution < -0.4 is 11.1 Å². The fraction of sp³-hybridized carbons (Fsp3) is 0.667. The number of carbonyl (C=O) groups excluding carboxylic acids is 1. The van der Waals surface area contributed by atoms with Crippen LogP contribution in [0.1, 0.15) is 25.3 Å². The Labute approximate surface area is 114 Å². The van der Waals surface area contributed by atoms with E-state index in [1.54, 1.807) is 0 Å². The molecule has 0 radical (unpaired) electrons. The summed E-state index contributed by atoms with van der Waals surface area (Å²) in [7, 11) is 0. The molecular weight excluding hydrogens is 273 g/mol. The minimum Gasteiger partial charge on any atom is -0.368 e. The van der Waals surface area contributed by atoms with Crippen molar-refractivity contribution in [2.75, 3.05) is 6.54 Å². The van der Waals surface area contributed by atoms with Crippen molar-refractivity contribution in [3.05, 3.63) is 18.0 Å². The number of likely N-dealkylation sites (N-methyl/N-ethyl adjacent to an activating group) is 1. The SMILES string of the molecule is CCNC(Cn1cc(C(F)(F)F)cn1)(C(N)=O)C1CC1. The molecule has 1 fully saturated rings. The lowest BCUT2D eigenvalue weighted by atomic mass is 9.92. The van der Waals surface area contributed by atoms with Crippen LogP contribution in [0.4, 0.5) is 13.2 Å². The molecule has 1 unspecified atom stereocenters. The Hall–Kier alpha value is -1.57. The smallest absolute Gasteiger partial charge is 0.368 e. The number of hydrogen-bond acceptors (Lipinski definition) is 3. The van der Waals surface area contributed by atoms with Gasteiger partial charge in [0.15, 0.2) is 0 Å². The number of nitrogens with zero attached hydrogens (tertiary/aromatic N) is 2. The van der Waals surface area contributed by atoms with Crippen LogP contribution in [0.15, 0.2) is 12.4 Å². The van der Waals surface area contributed by atoms with Crippen LogP contribution in [-0.2, 0) is 17.5 Å². The van der Waals surface area contributed by atoms with Gasteiger partial charge in [-0.1, -0.05) is 6.92 Å². The average Bonchev–Trinajstić information content (AvgIpc) is 3.07. The summed E-state index contributed by atoms with van der Waals surface area (Å²) in [4.78, 5) is 11.8. The second-order valence-electron chi connectivity index (χ2n) is 5.06. The monoisotopic (exact) mass is 290 g/mol. The summed E-state index contributed by atoms with van der Waals surface area (Å²) in [5.41, 5.74) is 3.62. The molecule has 0 bridgehead atoms. The first-order chi connectivity index (χ1) is 9.29. The van der Waals surface area contributed by atoms with Crippen LogP contribution >= 0.6 is 0 Å². The molecule has 2 rings (SSSR count). The number of amides is 1. The molecule has 3 N–H and O–H groups in total. The maximum absolute atomic E-state index is 12.6. The highest BCUT2D eigenvalue weighted by atomic mass is 19.4. The summed E-state index contributed by atoms with van der Waals surface area (Å²) in [5, 5.41) is 6.73. The molecule has 1 aromatic heterocycles. The van der Waals surface area contributed by atoms with E-state index in [-0.39, 0.29) is 12.5 Å². The second kappa shape index (κ2) is 5.08. The molecule has 1 aliphatic rings. The average molecular weight is 290 g/mol. The Morgan fingerprint density at radius 3 is 2.60 bits per heavy atom. The van der Waals surface area contributed by atoms with Gasteiger partial charge in [-0.3, -0.25) is 9.48 Å². The first-order valence-electron chi connectivity index (χ1n) is 6.44. The molecule has 1 aromatic rings. The molecular formula is C12H17F3N4O. The minimum atomic E-state index is -4.44. The number of nitrogens with two attached hydrogens (primary N) is 1. The zero-order valence-corrected chi connectivity index (χ0v) is 11.1. The number of hydrogen-bond donors (Lipinski definition) is 2. The molecule has 5 nitrogen and oxygen atoms in total. The van der Waals surface area contributed by atoms with Crippen molar-refractivity contribution in [3.8, 4) is 0 Å². The lowest BCUT2D eigenvalue weighted by molar-refractivity contribution is -0.137. The number of alkyl halides is 3. The number of halogens is 3. The topological polar surface area (TPSA) is 72.9 Å². The maximum atomic E-state index is 12.6. The van der Waals surface area contributed by atoms with E-state index in [2.05, 4.69) is 10.4 Å². The van der Waals surface area contributed by atoms with E-state index in [1.807, 2.05) is 6.92 Å². The number of aromatic nitrogens is 2. The fourth-order valence-electron chi connectivity index (χ4n) is 2.44. The van der Waals surface area contributed by atoms with E-state index < -0.39 is 23.2 Å². The van der Waals surface area contributed by atoms with Crippen LogP contribution in [0.25, 0.3) is 0 Å². The molecule has 1 saturated carbocycles. The molecule has 1 atom stereocenters. The van der Waals surface area contributed by atoms with E-state index in [4.69, 9.17) is 5.73 Å². The number of rotatable bonds is 6. The molecule has 1 heterocycles. The van der Waals surface area contributed by atoms with Crippen LogP contribution in [0.3, 0.4) is 0 Å². The molecule has 8 heteroatoms. The van der Waals surface area contributed by atoms with Gasteiger partial charge in [0.2, 0.25) is 5.91 Å². The first kappa shape index (κ1) is 14.8. The quantitative estimate of drug-likeness (QED) is 0.825. The lowest BCUT2D eigenvalue weighted by Gasteiger charge is -2.31. The summed E-state index contributed by atoms with van der Waals surface area (Å²) < 4.78 is 38.8. The molecule has 0 aliphatic heterocycles. The van der Waals surface area contributed by atoms with Gasteiger partial charge < -0.3 is 11.1 Å². The van der Waals surface area contributed by atoms with Gasteiger partial charge in [0.1, 0.15) is 5.54 Å². The maximum Gasteiger partial charge on any atom is 0.419 e. The van der Waals surface area contributed by atoms with Crippen molar-refractivity contribution >= 4 is 5.91 Å². The van der Waals surface area contributed by atoms with Crippen LogP contribution in [0.5, 0.6) is 0 Å². The first-order valence-corrected chi connectivity index (χ1v) is 6.44. The highest BCUT2D eigenvalue weighted by Crippen LogP contribution is 2.40. The highest BCUT2D eigenvalue weighted by Gasteiger charge is 2.50. The molecule has 0 aromatic carbocycles.